The molecule has 2 amide bonds. The highest BCUT2D eigenvalue weighted by Gasteiger charge is 2.31. The molecule has 1 heterocycles. The number of hydrogen-bond donors (Lipinski definition) is 2. The highest BCUT2D eigenvalue weighted by molar-refractivity contribution is 5.98. The molecule has 1 saturated carbocycles. The number of pyridine rings is 1. The van der Waals surface area contributed by atoms with Crippen LogP contribution in [-0.4, -0.2) is 28.5 Å². The molecule has 32 heavy (non-hydrogen) atoms. The Labute approximate surface area is 190 Å². The number of hydrogen-bond acceptors (Lipinski definition) is 4. The van der Waals surface area contributed by atoms with Crippen molar-refractivity contribution in [2.24, 2.45) is 5.92 Å². The number of fused-ring (bicyclic) bond motifs is 1. The van der Waals surface area contributed by atoms with Gasteiger partial charge in [-0.3, -0.25) is 14.4 Å². The van der Waals surface area contributed by atoms with Gasteiger partial charge < -0.3 is 15.2 Å². The quantitative estimate of drug-likeness (QED) is 0.663. The molecule has 0 atom stereocenters. The number of nitriles is 1. The molecule has 1 fully saturated rings. The molecule has 174 valence electrons. The molecule has 0 bridgehead atoms. The number of carbonyl (C=O) groups is 2. The SMILES string of the molecule is CC(C)(NC(=O)c1cc2c(n(CC3CCCCC3)c1=O)CCCCCC2)C(=O)NCC#N. The zero-order valence-corrected chi connectivity index (χ0v) is 19.5. The van der Waals surface area contributed by atoms with Crippen molar-refractivity contribution >= 4 is 11.8 Å². The molecule has 7 nitrogen and oxygen atoms in total. The van der Waals surface area contributed by atoms with E-state index in [9.17, 15) is 14.4 Å². The number of aryl methyl sites for hydroxylation is 1. The summed E-state index contributed by atoms with van der Waals surface area (Å²) < 4.78 is 1.88. The minimum atomic E-state index is -1.24. The third kappa shape index (κ3) is 5.79. The first-order chi connectivity index (χ1) is 15.3. The molecule has 2 aliphatic carbocycles. The summed E-state index contributed by atoms with van der Waals surface area (Å²) in [5, 5.41) is 13.9. The van der Waals surface area contributed by atoms with Crippen LogP contribution in [0.4, 0.5) is 0 Å². The molecule has 0 saturated heterocycles. The lowest BCUT2D eigenvalue weighted by molar-refractivity contribution is -0.125. The lowest BCUT2D eigenvalue weighted by Crippen LogP contribution is -2.55. The predicted octanol–water partition coefficient (Wildman–Crippen LogP) is 3.24. The van der Waals surface area contributed by atoms with E-state index in [1.807, 2.05) is 10.6 Å². The van der Waals surface area contributed by atoms with Gasteiger partial charge in [0.05, 0.1) is 6.07 Å². The second-order valence-electron chi connectivity index (χ2n) is 9.78. The maximum Gasteiger partial charge on any atom is 0.263 e. The van der Waals surface area contributed by atoms with Gasteiger partial charge in [0.1, 0.15) is 17.6 Å². The van der Waals surface area contributed by atoms with Gasteiger partial charge in [0.15, 0.2) is 0 Å². The Morgan fingerprint density at radius 2 is 1.75 bits per heavy atom. The molecule has 1 aromatic heterocycles. The van der Waals surface area contributed by atoms with E-state index in [4.69, 9.17) is 5.26 Å². The molecule has 0 radical (unpaired) electrons. The summed E-state index contributed by atoms with van der Waals surface area (Å²) in [5.74, 6) is -0.516. The third-order valence-corrected chi connectivity index (χ3v) is 6.83. The van der Waals surface area contributed by atoms with Gasteiger partial charge in [0.2, 0.25) is 5.91 Å². The number of rotatable bonds is 6. The fourth-order valence-electron chi connectivity index (χ4n) is 4.97. The molecule has 2 aliphatic rings. The maximum atomic E-state index is 13.5. The smallest absolute Gasteiger partial charge is 0.263 e. The van der Waals surface area contributed by atoms with E-state index in [2.05, 4.69) is 10.6 Å². The van der Waals surface area contributed by atoms with Crippen LogP contribution < -0.4 is 16.2 Å². The zero-order valence-electron chi connectivity index (χ0n) is 19.5. The average Bonchev–Trinajstić information content (AvgIpc) is 2.75. The van der Waals surface area contributed by atoms with Crippen molar-refractivity contribution in [1.82, 2.24) is 15.2 Å². The van der Waals surface area contributed by atoms with E-state index in [0.717, 1.165) is 56.2 Å². The maximum absolute atomic E-state index is 13.5. The highest BCUT2D eigenvalue weighted by atomic mass is 16.2. The van der Waals surface area contributed by atoms with E-state index >= 15 is 0 Å². The second kappa shape index (κ2) is 10.8. The minimum Gasteiger partial charge on any atom is -0.341 e. The van der Waals surface area contributed by atoms with E-state index < -0.39 is 17.4 Å². The summed E-state index contributed by atoms with van der Waals surface area (Å²) in [6, 6.07) is 3.62. The second-order valence-corrected chi connectivity index (χ2v) is 9.78. The number of amides is 2. The summed E-state index contributed by atoms with van der Waals surface area (Å²) in [7, 11) is 0. The molecule has 0 spiro atoms. The first-order valence-corrected chi connectivity index (χ1v) is 12.1. The number of nitrogens with zero attached hydrogens (tertiary/aromatic N) is 2. The van der Waals surface area contributed by atoms with Gasteiger partial charge in [-0.1, -0.05) is 32.1 Å². The summed E-state index contributed by atoms with van der Waals surface area (Å²) in [4.78, 5) is 39.1. The van der Waals surface area contributed by atoms with Crippen molar-refractivity contribution < 1.29 is 9.59 Å². The predicted molar refractivity (Wildman–Crippen MR) is 123 cm³/mol. The van der Waals surface area contributed by atoms with Gasteiger partial charge in [-0.2, -0.15) is 5.26 Å². The Morgan fingerprint density at radius 3 is 2.44 bits per heavy atom. The fraction of sp³-hybridized carbons (Fsp3) is 0.680. The van der Waals surface area contributed by atoms with Crippen LogP contribution in [0.2, 0.25) is 0 Å². The monoisotopic (exact) mass is 440 g/mol. The van der Waals surface area contributed by atoms with Crippen molar-refractivity contribution in [1.29, 1.82) is 5.26 Å². The minimum absolute atomic E-state index is 0.112. The van der Waals surface area contributed by atoms with Crippen molar-refractivity contribution in [3.8, 4) is 6.07 Å². The first kappa shape index (κ1) is 24.0. The number of carbonyl (C=O) groups excluding carboxylic acids is 2. The van der Waals surface area contributed by atoms with E-state index in [1.54, 1.807) is 19.9 Å². The Bertz CT molecular complexity index is 936. The average molecular weight is 441 g/mol. The topological polar surface area (TPSA) is 104 Å². The van der Waals surface area contributed by atoms with Crippen molar-refractivity contribution in [3.63, 3.8) is 0 Å². The van der Waals surface area contributed by atoms with Gasteiger partial charge >= 0.3 is 0 Å². The highest BCUT2D eigenvalue weighted by Crippen LogP contribution is 2.27. The van der Waals surface area contributed by atoms with Crippen LogP contribution in [0.15, 0.2) is 10.9 Å². The Hall–Kier alpha value is -2.62. The van der Waals surface area contributed by atoms with Gasteiger partial charge in [-0.05, 0) is 69.9 Å². The molecule has 2 N–H and O–H groups in total. The summed E-state index contributed by atoms with van der Waals surface area (Å²) in [5.41, 5.74) is 0.820. The summed E-state index contributed by atoms with van der Waals surface area (Å²) in [6.45, 7) is 3.69. The van der Waals surface area contributed by atoms with Crippen LogP contribution in [0.5, 0.6) is 0 Å². The number of nitrogens with one attached hydrogen (secondary N) is 2. The van der Waals surface area contributed by atoms with E-state index in [0.29, 0.717) is 12.5 Å². The fourth-order valence-corrected chi connectivity index (χ4v) is 4.97. The summed E-state index contributed by atoms with van der Waals surface area (Å²) in [6.07, 6.45) is 12.1. The first-order valence-electron chi connectivity index (χ1n) is 12.1. The lowest BCUT2D eigenvalue weighted by Gasteiger charge is -2.28. The molecule has 0 aromatic carbocycles. The molecule has 0 unspecified atom stereocenters. The Morgan fingerprint density at radius 1 is 1.09 bits per heavy atom. The Balaban J connectivity index is 1.94. The zero-order chi connectivity index (χ0) is 23.1. The molecule has 1 aromatic rings. The van der Waals surface area contributed by atoms with Crippen molar-refractivity contribution in [2.45, 2.75) is 96.6 Å². The molecular weight excluding hydrogens is 404 g/mol. The van der Waals surface area contributed by atoms with E-state index in [1.165, 1.54) is 25.7 Å². The standard InChI is InChI=1S/C25H36N4O3/c1-25(2,24(32)27-15-14-26)28-22(30)20-16-19-12-8-3-4-9-13-21(19)29(23(20)31)17-18-10-6-5-7-11-18/h16,18H,3-13,15,17H2,1-2H3,(H,27,32)(H,28,30). The third-order valence-electron chi connectivity index (χ3n) is 6.83. The normalized spacial score (nSPS) is 17.4. The molecule has 7 heteroatoms. The number of aromatic nitrogens is 1. The van der Waals surface area contributed by atoms with Crippen LogP contribution in [0.3, 0.4) is 0 Å². The van der Waals surface area contributed by atoms with Gasteiger partial charge in [-0.15, -0.1) is 0 Å². The lowest BCUT2D eigenvalue weighted by atomic mass is 9.88. The Kier molecular flexibility index (Phi) is 8.11. The van der Waals surface area contributed by atoms with Crippen LogP contribution in [0.25, 0.3) is 0 Å². The summed E-state index contributed by atoms with van der Waals surface area (Å²) >= 11 is 0. The van der Waals surface area contributed by atoms with Crippen molar-refractivity contribution in [2.75, 3.05) is 6.54 Å². The van der Waals surface area contributed by atoms with Gasteiger partial charge in [-0.25, -0.2) is 0 Å². The van der Waals surface area contributed by atoms with Crippen LogP contribution in [-0.2, 0) is 24.2 Å². The molecule has 3 rings (SSSR count). The van der Waals surface area contributed by atoms with Crippen molar-refractivity contribution in [3.05, 3.63) is 33.2 Å². The molecule has 0 aliphatic heterocycles. The van der Waals surface area contributed by atoms with Crippen LogP contribution in [0.1, 0.15) is 93.3 Å². The van der Waals surface area contributed by atoms with E-state index in [-0.39, 0.29) is 17.7 Å². The largest absolute Gasteiger partial charge is 0.341 e. The van der Waals surface area contributed by atoms with Gasteiger partial charge in [0, 0.05) is 12.2 Å². The van der Waals surface area contributed by atoms with Gasteiger partial charge in [0.25, 0.3) is 11.5 Å². The van der Waals surface area contributed by atoms with Crippen LogP contribution >= 0.6 is 0 Å². The van der Waals surface area contributed by atoms with Crippen LogP contribution in [0, 0.1) is 17.2 Å². The molecular formula is C25H36N4O3.